The maximum Gasteiger partial charge on any atom is 0.276 e. The average Bonchev–Trinajstić information content (AvgIpc) is 3.30. The second-order valence-corrected chi connectivity index (χ2v) is 5.74. The van der Waals surface area contributed by atoms with Gasteiger partial charge in [-0.25, -0.2) is 0 Å². The lowest BCUT2D eigenvalue weighted by atomic mass is 10.3. The molecule has 3 aromatic rings. The van der Waals surface area contributed by atoms with Crippen LogP contribution < -0.4 is 10.6 Å². The summed E-state index contributed by atoms with van der Waals surface area (Å²) in [6.45, 7) is 1.40. The maximum atomic E-state index is 5.23. The highest BCUT2D eigenvalue weighted by molar-refractivity contribution is 7.07. The van der Waals surface area contributed by atoms with Gasteiger partial charge in [-0.2, -0.15) is 16.3 Å². The van der Waals surface area contributed by atoms with Crippen LogP contribution in [0.3, 0.4) is 0 Å². The third kappa shape index (κ3) is 4.39. The number of thiophene rings is 1. The number of aromatic nitrogens is 3. The Morgan fingerprint density at radius 3 is 3.00 bits per heavy atom. The molecule has 3 rings (SSSR count). The van der Waals surface area contributed by atoms with Crippen LogP contribution in [0.5, 0.6) is 0 Å². The highest BCUT2D eigenvalue weighted by Crippen LogP contribution is 2.13. The highest BCUT2D eigenvalue weighted by atomic mass is 32.1. The lowest BCUT2D eigenvalue weighted by Gasteiger charge is -2.10. The molecular formula is C16H18N6OS. The van der Waals surface area contributed by atoms with Crippen molar-refractivity contribution in [1.29, 1.82) is 0 Å². The Morgan fingerprint density at radius 2 is 2.25 bits per heavy atom. The van der Waals surface area contributed by atoms with Gasteiger partial charge in [-0.3, -0.25) is 9.98 Å². The van der Waals surface area contributed by atoms with Crippen molar-refractivity contribution in [2.45, 2.75) is 13.0 Å². The van der Waals surface area contributed by atoms with Crippen LogP contribution in [0.25, 0.3) is 11.6 Å². The van der Waals surface area contributed by atoms with Gasteiger partial charge in [-0.15, -0.1) is 0 Å². The van der Waals surface area contributed by atoms with Crippen LogP contribution in [0.4, 0.5) is 0 Å². The number of guanidine groups is 1. The van der Waals surface area contributed by atoms with Crippen LogP contribution in [0.15, 0.2) is 50.7 Å². The van der Waals surface area contributed by atoms with Crippen molar-refractivity contribution in [3.8, 4) is 11.6 Å². The summed E-state index contributed by atoms with van der Waals surface area (Å²) in [5.41, 5.74) is 1.92. The minimum atomic E-state index is 0.436. The van der Waals surface area contributed by atoms with Gasteiger partial charge in [0.2, 0.25) is 0 Å². The van der Waals surface area contributed by atoms with E-state index < -0.39 is 0 Å². The number of nitrogens with zero attached hydrogens (tertiary/aromatic N) is 4. The predicted octanol–water partition coefficient (Wildman–Crippen LogP) is 2.10. The maximum absolute atomic E-state index is 5.23. The quantitative estimate of drug-likeness (QED) is 0.527. The van der Waals surface area contributed by atoms with Gasteiger partial charge in [0.25, 0.3) is 5.89 Å². The van der Waals surface area contributed by atoms with E-state index in [2.05, 4.69) is 47.6 Å². The van der Waals surface area contributed by atoms with Gasteiger partial charge < -0.3 is 15.2 Å². The summed E-state index contributed by atoms with van der Waals surface area (Å²) < 4.78 is 5.23. The van der Waals surface area contributed by atoms with Crippen LogP contribution in [-0.2, 0) is 13.0 Å². The van der Waals surface area contributed by atoms with E-state index in [-0.39, 0.29) is 0 Å². The fourth-order valence-electron chi connectivity index (χ4n) is 2.04. The molecule has 0 aliphatic rings. The van der Waals surface area contributed by atoms with E-state index in [0.717, 1.165) is 12.5 Å². The molecule has 0 spiro atoms. The second-order valence-electron chi connectivity index (χ2n) is 4.96. The van der Waals surface area contributed by atoms with Gasteiger partial charge >= 0.3 is 0 Å². The third-order valence-electron chi connectivity index (χ3n) is 3.26. The van der Waals surface area contributed by atoms with Crippen molar-refractivity contribution in [2.75, 3.05) is 13.6 Å². The monoisotopic (exact) mass is 342 g/mol. The number of hydrogen-bond acceptors (Lipinski definition) is 6. The molecule has 0 radical (unpaired) electrons. The molecule has 3 heterocycles. The van der Waals surface area contributed by atoms with Gasteiger partial charge in [0.15, 0.2) is 11.8 Å². The number of rotatable bonds is 6. The summed E-state index contributed by atoms with van der Waals surface area (Å²) in [7, 11) is 1.75. The molecule has 3 aromatic heterocycles. The van der Waals surface area contributed by atoms with Crippen LogP contribution in [0.2, 0.25) is 0 Å². The summed E-state index contributed by atoms with van der Waals surface area (Å²) in [5, 5.41) is 14.6. The molecule has 0 aliphatic carbocycles. The topological polar surface area (TPSA) is 88.2 Å². The molecule has 0 aromatic carbocycles. The Labute approximate surface area is 143 Å². The fraction of sp³-hybridized carbons (Fsp3) is 0.250. The standard InChI is InChI=1S/C16H18N6OS/c1-17-16(20-10-12-6-9-24-11-12)19-8-5-14-21-15(23-22-14)13-4-2-3-7-18-13/h2-4,6-7,9,11H,5,8,10H2,1H3,(H2,17,19,20). The van der Waals surface area contributed by atoms with Crippen molar-refractivity contribution in [3.05, 3.63) is 52.6 Å². The average molecular weight is 342 g/mol. The second kappa shape index (κ2) is 8.21. The lowest BCUT2D eigenvalue weighted by molar-refractivity contribution is 0.421. The summed E-state index contributed by atoms with van der Waals surface area (Å²) in [6, 6.07) is 7.66. The molecule has 0 amide bonds. The molecular weight excluding hydrogens is 324 g/mol. The van der Waals surface area contributed by atoms with Crippen molar-refractivity contribution < 1.29 is 4.52 Å². The van der Waals surface area contributed by atoms with Gasteiger partial charge in [0.1, 0.15) is 5.69 Å². The van der Waals surface area contributed by atoms with Crippen molar-refractivity contribution >= 4 is 17.3 Å². The molecule has 2 N–H and O–H groups in total. The summed E-state index contributed by atoms with van der Waals surface area (Å²) in [4.78, 5) is 12.7. The third-order valence-corrected chi connectivity index (χ3v) is 3.99. The first-order valence-electron chi connectivity index (χ1n) is 7.55. The zero-order valence-corrected chi connectivity index (χ0v) is 14.1. The van der Waals surface area contributed by atoms with Crippen LogP contribution >= 0.6 is 11.3 Å². The first-order chi connectivity index (χ1) is 11.8. The minimum absolute atomic E-state index is 0.436. The molecule has 0 bridgehead atoms. The van der Waals surface area contributed by atoms with Gasteiger partial charge in [0.05, 0.1) is 0 Å². The highest BCUT2D eigenvalue weighted by Gasteiger charge is 2.09. The van der Waals surface area contributed by atoms with Crippen LogP contribution in [0, 0.1) is 0 Å². The van der Waals surface area contributed by atoms with Crippen molar-refractivity contribution in [1.82, 2.24) is 25.8 Å². The molecule has 0 unspecified atom stereocenters. The first-order valence-corrected chi connectivity index (χ1v) is 8.49. The van der Waals surface area contributed by atoms with E-state index >= 15 is 0 Å². The van der Waals surface area contributed by atoms with E-state index in [1.807, 2.05) is 18.2 Å². The Morgan fingerprint density at radius 1 is 1.29 bits per heavy atom. The summed E-state index contributed by atoms with van der Waals surface area (Å²) in [6.07, 6.45) is 2.33. The van der Waals surface area contributed by atoms with E-state index in [1.165, 1.54) is 5.56 Å². The number of aliphatic imine (C=N–C) groups is 1. The van der Waals surface area contributed by atoms with E-state index in [9.17, 15) is 0 Å². The molecule has 0 saturated carbocycles. The Bertz CT molecular complexity index is 769. The number of pyridine rings is 1. The molecule has 0 fully saturated rings. The Balaban J connectivity index is 1.46. The minimum Gasteiger partial charge on any atom is -0.356 e. The molecule has 0 atom stereocenters. The molecule has 24 heavy (non-hydrogen) atoms. The Hall–Kier alpha value is -2.74. The molecule has 124 valence electrons. The smallest absolute Gasteiger partial charge is 0.276 e. The molecule has 0 aliphatic heterocycles. The van der Waals surface area contributed by atoms with Crippen LogP contribution in [0.1, 0.15) is 11.4 Å². The SMILES string of the molecule is CN=C(NCCc1noc(-c2ccccn2)n1)NCc1ccsc1. The zero-order valence-electron chi connectivity index (χ0n) is 13.3. The normalized spacial score (nSPS) is 11.5. The first kappa shape index (κ1) is 16.1. The van der Waals surface area contributed by atoms with Gasteiger partial charge in [-0.05, 0) is 34.5 Å². The van der Waals surface area contributed by atoms with Gasteiger partial charge in [0, 0.05) is 32.8 Å². The van der Waals surface area contributed by atoms with E-state index in [0.29, 0.717) is 30.4 Å². The summed E-state index contributed by atoms with van der Waals surface area (Å²) >= 11 is 1.68. The number of nitrogens with one attached hydrogen (secondary N) is 2. The largest absolute Gasteiger partial charge is 0.356 e. The zero-order chi connectivity index (χ0) is 16.6. The van der Waals surface area contributed by atoms with Crippen LogP contribution in [-0.4, -0.2) is 34.7 Å². The van der Waals surface area contributed by atoms with Gasteiger partial charge in [-0.1, -0.05) is 11.2 Å². The molecule has 8 heteroatoms. The predicted molar refractivity (Wildman–Crippen MR) is 93.8 cm³/mol. The molecule has 0 saturated heterocycles. The molecule has 7 nitrogen and oxygen atoms in total. The number of hydrogen-bond donors (Lipinski definition) is 2. The van der Waals surface area contributed by atoms with E-state index in [1.54, 1.807) is 24.6 Å². The lowest BCUT2D eigenvalue weighted by Crippen LogP contribution is -2.37. The van der Waals surface area contributed by atoms with E-state index in [4.69, 9.17) is 4.52 Å². The van der Waals surface area contributed by atoms with Crippen molar-refractivity contribution in [3.63, 3.8) is 0 Å². The Kier molecular flexibility index (Phi) is 5.52. The summed E-state index contributed by atoms with van der Waals surface area (Å²) in [5.74, 6) is 1.82. The van der Waals surface area contributed by atoms with Crippen molar-refractivity contribution in [2.24, 2.45) is 4.99 Å². The fourth-order valence-corrected chi connectivity index (χ4v) is 2.71.